The minimum Gasteiger partial charge on any atom is -0.371 e. The maximum absolute atomic E-state index is 12.5. The number of nitrogens with zero attached hydrogens (tertiary/aromatic N) is 3. The third-order valence-corrected chi connectivity index (χ3v) is 4.50. The molecule has 1 aromatic rings. The van der Waals surface area contributed by atoms with Crippen LogP contribution in [0.2, 0.25) is 0 Å². The molecule has 2 saturated heterocycles. The van der Waals surface area contributed by atoms with Gasteiger partial charge < -0.3 is 9.80 Å². The van der Waals surface area contributed by atoms with Crippen molar-refractivity contribution in [2.24, 2.45) is 5.92 Å². The molecule has 0 aliphatic carbocycles. The number of pyridine rings is 1. The van der Waals surface area contributed by atoms with Gasteiger partial charge in [0, 0.05) is 38.1 Å². The average molecular weight is 273 g/mol. The van der Waals surface area contributed by atoms with Crippen LogP contribution in [-0.2, 0) is 0 Å². The lowest BCUT2D eigenvalue weighted by Crippen LogP contribution is -2.38. The molecule has 3 rings (SSSR count). The number of aromatic nitrogens is 1. The smallest absolute Gasteiger partial charge is 0.272 e. The molecular weight excluding hydrogens is 250 g/mol. The number of likely N-dealkylation sites (tertiary alicyclic amines) is 1. The summed E-state index contributed by atoms with van der Waals surface area (Å²) in [5.74, 6) is 0.834. The van der Waals surface area contributed by atoms with Crippen molar-refractivity contribution in [1.82, 2.24) is 9.88 Å². The Morgan fingerprint density at radius 1 is 1.20 bits per heavy atom. The fourth-order valence-corrected chi connectivity index (χ4v) is 3.08. The highest BCUT2D eigenvalue weighted by molar-refractivity contribution is 5.93. The van der Waals surface area contributed by atoms with Crippen LogP contribution in [0.1, 0.15) is 43.1 Å². The van der Waals surface area contributed by atoms with Crippen LogP contribution < -0.4 is 4.90 Å². The lowest BCUT2D eigenvalue weighted by Gasteiger charge is -2.30. The number of rotatable bonds is 2. The second-order valence-electron chi connectivity index (χ2n) is 6.07. The molecule has 20 heavy (non-hydrogen) atoms. The molecule has 4 heteroatoms. The largest absolute Gasteiger partial charge is 0.371 e. The number of hydrogen-bond acceptors (Lipinski definition) is 3. The number of piperidine rings is 1. The topological polar surface area (TPSA) is 36.4 Å². The lowest BCUT2D eigenvalue weighted by molar-refractivity contribution is 0.0691. The van der Waals surface area contributed by atoms with Gasteiger partial charge in [-0.2, -0.15) is 0 Å². The molecule has 0 N–H and O–H groups in total. The molecule has 2 aliphatic heterocycles. The molecule has 0 unspecified atom stereocenters. The van der Waals surface area contributed by atoms with Crippen molar-refractivity contribution < 1.29 is 4.79 Å². The summed E-state index contributed by atoms with van der Waals surface area (Å²) >= 11 is 0. The molecule has 0 spiro atoms. The van der Waals surface area contributed by atoms with Gasteiger partial charge in [-0.3, -0.25) is 9.78 Å². The second-order valence-corrected chi connectivity index (χ2v) is 6.07. The highest BCUT2D eigenvalue weighted by Gasteiger charge is 2.23. The van der Waals surface area contributed by atoms with Crippen molar-refractivity contribution in [3.8, 4) is 0 Å². The van der Waals surface area contributed by atoms with Crippen molar-refractivity contribution in [3.05, 3.63) is 24.0 Å². The summed E-state index contributed by atoms with van der Waals surface area (Å²) < 4.78 is 0. The van der Waals surface area contributed by atoms with Gasteiger partial charge >= 0.3 is 0 Å². The van der Waals surface area contributed by atoms with Crippen LogP contribution >= 0.6 is 0 Å². The molecule has 108 valence electrons. The van der Waals surface area contributed by atoms with E-state index >= 15 is 0 Å². The van der Waals surface area contributed by atoms with Crippen molar-refractivity contribution in [3.63, 3.8) is 0 Å². The Hall–Kier alpha value is -1.58. The van der Waals surface area contributed by atoms with Crippen molar-refractivity contribution in [2.45, 2.75) is 32.6 Å². The molecule has 0 aromatic carbocycles. The summed E-state index contributed by atoms with van der Waals surface area (Å²) in [4.78, 5) is 21.1. The van der Waals surface area contributed by atoms with Crippen LogP contribution in [0.5, 0.6) is 0 Å². The lowest BCUT2D eigenvalue weighted by atomic mass is 9.99. The number of amides is 1. The van der Waals surface area contributed by atoms with E-state index in [1.54, 1.807) is 6.20 Å². The number of carbonyl (C=O) groups excluding carboxylic acids is 1. The van der Waals surface area contributed by atoms with Gasteiger partial charge in [-0.25, -0.2) is 0 Å². The second kappa shape index (κ2) is 5.81. The predicted octanol–water partition coefficient (Wildman–Crippen LogP) is 2.55. The van der Waals surface area contributed by atoms with Crippen LogP contribution in [0, 0.1) is 5.92 Å². The van der Waals surface area contributed by atoms with Gasteiger partial charge in [0.2, 0.25) is 0 Å². The monoisotopic (exact) mass is 273 g/mol. The standard InChI is InChI=1S/C16H23N3O/c1-13-5-10-19(11-6-13)16(20)15-12-14(4-7-17-15)18-8-2-3-9-18/h4,7,12-13H,2-3,5-6,8-11H2,1H3. The van der Waals surface area contributed by atoms with Crippen molar-refractivity contribution >= 4 is 11.6 Å². The summed E-state index contributed by atoms with van der Waals surface area (Å²) in [7, 11) is 0. The van der Waals surface area contributed by atoms with E-state index in [-0.39, 0.29) is 5.91 Å². The molecule has 4 nitrogen and oxygen atoms in total. The van der Waals surface area contributed by atoms with Gasteiger partial charge in [0.15, 0.2) is 0 Å². The third-order valence-electron chi connectivity index (χ3n) is 4.50. The average Bonchev–Trinajstić information content (AvgIpc) is 3.02. The molecule has 0 bridgehead atoms. The maximum atomic E-state index is 12.5. The van der Waals surface area contributed by atoms with Gasteiger partial charge in [-0.15, -0.1) is 0 Å². The van der Waals surface area contributed by atoms with E-state index in [0.29, 0.717) is 5.69 Å². The molecule has 0 saturated carbocycles. The van der Waals surface area contributed by atoms with E-state index in [1.807, 2.05) is 17.0 Å². The van der Waals surface area contributed by atoms with Crippen LogP contribution in [0.4, 0.5) is 5.69 Å². The van der Waals surface area contributed by atoms with Crippen molar-refractivity contribution in [1.29, 1.82) is 0 Å². The maximum Gasteiger partial charge on any atom is 0.272 e. The van der Waals surface area contributed by atoms with Crippen LogP contribution in [0.25, 0.3) is 0 Å². The summed E-state index contributed by atoms with van der Waals surface area (Å²) in [5.41, 5.74) is 1.75. The van der Waals surface area contributed by atoms with Gasteiger partial charge in [0.1, 0.15) is 5.69 Å². The van der Waals surface area contributed by atoms with Crippen LogP contribution in [-0.4, -0.2) is 42.0 Å². The summed E-state index contributed by atoms with van der Waals surface area (Å²) in [6.45, 7) is 6.19. The van der Waals surface area contributed by atoms with Gasteiger partial charge in [-0.1, -0.05) is 6.92 Å². The predicted molar refractivity (Wildman–Crippen MR) is 80.0 cm³/mol. The number of hydrogen-bond donors (Lipinski definition) is 0. The Balaban J connectivity index is 1.72. The van der Waals surface area contributed by atoms with Crippen LogP contribution in [0.15, 0.2) is 18.3 Å². The Morgan fingerprint density at radius 2 is 1.90 bits per heavy atom. The van der Waals surface area contributed by atoms with Gasteiger partial charge in [0.05, 0.1) is 0 Å². The first-order valence-electron chi connectivity index (χ1n) is 7.74. The van der Waals surface area contributed by atoms with E-state index < -0.39 is 0 Å². The van der Waals surface area contributed by atoms with E-state index in [4.69, 9.17) is 0 Å². The molecule has 1 amide bonds. The zero-order valence-corrected chi connectivity index (χ0v) is 12.2. The quantitative estimate of drug-likeness (QED) is 0.831. The molecule has 2 fully saturated rings. The highest BCUT2D eigenvalue weighted by atomic mass is 16.2. The van der Waals surface area contributed by atoms with Gasteiger partial charge in [0.25, 0.3) is 5.91 Å². The minimum atomic E-state index is 0.0953. The molecule has 2 aliphatic rings. The Bertz CT molecular complexity index is 474. The third kappa shape index (κ3) is 2.79. The normalized spacial score (nSPS) is 20.4. The first kappa shape index (κ1) is 13.4. The molecular formula is C16H23N3O. The Kier molecular flexibility index (Phi) is 3.90. The minimum absolute atomic E-state index is 0.0953. The van der Waals surface area contributed by atoms with E-state index in [0.717, 1.165) is 50.6 Å². The van der Waals surface area contributed by atoms with E-state index in [9.17, 15) is 4.79 Å². The van der Waals surface area contributed by atoms with E-state index in [2.05, 4.69) is 16.8 Å². The Labute approximate surface area is 120 Å². The summed E-state index contributed by atoms with van der Waals surface area (Å²) in [5, 5.41) is 0. The first-order valence-corrected chi connectivity index (χ1v) is 7.74. The molecule has 0 atom stereocenters. The van der Waals surface area contributed by atoms with E-state index in [1.165, 1.54) is 12.8 Å². The fraction of sp³-hybridized carbons (Fsp3) is 0.625. The van der Waals surface area contributed by atoms with Crippen LogP contribution in [0.3, 0.4) is 0 Å². The summed E-state index contributed by atoms with van der Waals surface area (Å²) in [6.07, 6.45) is 6.48. The van der Waals surface area contributed by atoms with Crippen molar-refractivity contribution in [2.75, 3.05) is 31.1 Å². The first-order chi connectivity index (χ1) is 9.74. The summed E-state index contributed by atoms with van der Waals surface area (Å²) in [6, 6.07) is 3.98. The highest BCUT2D eigenvalue weighted by Crippen LogP contribution is 2.22. The number of carbonyl (C=O) groups is 1. The van der Waals surface area contributed by atoms with Gasteiger partial charge in [-0.05, 0) is 43.7 Å². The zero-order chi connectivity index (χ0) is 13.9. The molecule has 3 heterocycles. The molecule has 1 aromatic heterocycles. The molecule has 0 radical (unpaired) electrons. The fourth-order valence-electron chi connectivity index (χ4n) is 3.08. The SMILES string of the molecule is CC1CCN(C(=O)c2cc(N3CCCC3)ccn2)CC1. The zero-order valence-electron chi connectivity index (χ0n) is 12.2. The Morgan fingerprint density at radius 3 is 2.60 bits per heavy atom. The number of anilines is 1.